The van der Waals surface area contributed by atoms with Gasteiger partial charge in [0.25, 0.3) is 0 Å². The second-order valence-corrected chi connectivity index (χ2v) is 3.82. The van der Waals surface area contributed by atoms with E-state index in [0.29, 0.717) is 0 Å². The molecule has 0 spiro atoms. The summed E-state index contributed by atoms with van der Waals surface area (Å²) in [5.41, 5.74) is 3.99. The van der Waals surface area contributed by atoms with Gasteiger partial charge in [-0.2, -0.15) is 0 Å². The largest absolute Gasteiger partial charge is 0.316 e. The molecule has 0 radical (unpaired) electrons. The summed E-state index contributed by atoms with van der Waals surface area (Å²) in [7, 11) is 1.97. The molecule has 0 aliphatic carbocycles. The normalized spacial score (nSPS) is 10.3. The Kier molecular flexibility index (Phi) is 3.29. The second kappa shape index (κ2) is 4.06. The molecule has 12 heavy (non-hydrogen) atoms. The van der Waals surface area contributed by atoms with E-state index in [1.165, 1.54) is 21.2 Å². The summed E-state index contributed by atoms with van der Waals surface area (Å²) >= 11 is 3.59. The molecule has 0 aromatic heterocycles. The predicted octanol–water partition coefficient (Wildman–Crippen LogP) is 2.79. The molecule has 0 fully saturated rings. The molecule has 0 aliphatic rings. The van der Waals surface area contributed by atoms with E-state index in [0.717, 1.165) is 6.54 Å². The van der Waals surface area contributed by atoms with E-state index in [1.807, 2.05) is 7.05 Å². The lowest BCUT2D eigenvalue weighted by Crippen LogP contribution is -2.07. The first-order chi connectivity index (χ1) is 5.66. The van der Waals surface area contributed by atoms with Crippen LogP contribution >= 0.6 is 15.9 Å². The Morgan fingerprint density at radius 2 is 1.83 bits per heavy atom. The van der Waals surface area contributed by atoms with Crippen molar-refractivity contribution in [3.63, 3.8) is 0 Å². The average molecular weight is 228 g/mol. The topological polar surface area (TPSA) is 12.0 Å². The number of aryl methyl sites for hydroxylation is 2. The van der Waals surface area contributed by atoms with E-state index < -0.39 is 0 Å². The van der Waals surface area contributed by atoms with Gasteiger partial charge in [-0.05, 0) is 37.6 Å². The third kappa shape index (κ3) is 1.87. The molecular formula is C10H14BrN. The van der Waals surface area contributed by atoms with Crippen molar-refractivity contribution >= 4 is 15.9 Å². The number of nitrogens with one attached hydrogen (secondary N) is 1. The molecule has 1 aromatic carbocycles. The zero-order valence-electron chi connectivity index (χ0n) is 7.74. The van der Waals surface area contributed by atoms with Crippen molar-refractivity contribution in [2.75, 3.05) is 7.05 Å². The standard InChI is InChI=1S/C10H14BrN/c1-7-4-5-8(2)10(11)9(7)6-12-3/h4-5,12H,6H2,1-3H3. The number of hydrogen-bond acceptors (Lipinski definition) is 1. The van der Waals surface area contributed by atoms with Crippen LogP contribution in [0.4, 0.5) is 0 Å². The van der Waals surface area contributed by atoms with Crippen molar-refractivity contribution in [1.29, 1.82) is 0 Å². The molecule has 1 N–H and O–H groups in total. The molecule has 0 unspecified atom stereocenters. The summed E-state index contributed by atoms with van der Waals surface area (Å²) < 4.78 is 1.23. The van der Waals surface area contributed by atoms with Crippen molar-refractivity contribution < 1.29 is 0 Å². The smallest absolute Gasteiger partial charge is 0.0252 e. The minimum absolute atomic E-state index is 0.925. The van der Waals surface area contributed by atoms with Crippen LogP contribution in [0, 0.1) is 13.8 Å². The number of halogens is 1. The monoisotopic (exact) mass is 227 g/mol. The molecule has 0 aliphatic heterocycles. The Hall–Kier alpha value is -0.340. The third-order valence-corrected chi connectivity index (χ3v) is 3.13. The Labute approximate surface area is 82.3 Å². The van der Waals surface area contributed by atoms with E-state index in [9.17, 15) is 0 Å². The van der Waals surface area contributed by atoms with Crippen LogP contribution in [-0.2, 0) is 6.54 Å². The highest BCUT2D eigenvalue weighted by Crippen LogP contribution is 2.23. The average Bonchev–Trinajstić information content (AvgIpc) is 2.06. The maximum atomic E-state index is 3.59. The summed E-state index contributed by atoms with van der Waals surface area (Å²) in [6, 6.07) is 4.30. The fraction of sp³-hybridized carbons (Fsp3) is 0.400. The van der Waals surface area contributed by atoms with Crippen LogP contribution in [0.5, 0.6) is 0 Å². The van der Waals surface area contributed by atoms with Gasteiger partial charge in [-0.3, -0.25) is 0 Å². The van der Waals surface area contributed by atoms with Crippen LogP contribution < -0.4 is 5.32 Å². The number of hydrogen-bond donors (Lipinski definition) is 1. The lowest BCUT2D eigenvalue weighted by molar-refractivity contribution is 0.807. The van der Waals surface area contributed by atoms with Crippen molar-refractivity contribution in [3.05, 3.63) is 33.3 Å². The van der Waals surface area contributed by atoms with Crippen molar-refractivity contribution in [1.82, 2.24) is 5.32 Å². The van der Waals surface area contributed by atoms with Crippen LogP contribution in [0.3, 0.4) is 0 Å². The fourth-order valence-electron chi connectivity index (χ4n) is 1.23. The van der Waals surface area contributed by atoms with Crippen LogP contribution in [-0.4, -0.2) is 7.05 Å². The first kappa shape index (κ1) is 9.75. The van der Waals surface area contributed by atoms with E-state index >= 15 is 0 Å². The van der Waals surface area contributed by atoms with E-state index in [-0.39, 0.29) is 0 Å². The summed E-state index contributed by atoms with van der Waals surface area (Å²) in [4.78, 5) is 0. The summed E-state index contributed by atoms with van der Waals surface area (Å²) in [6.07, 6.45) is 0. The van der Waals surface area contributed by atoms with Gasteiger partial charge in [0.2, 0.25) is 0 Å². The maximum Gasteiger partial charge on any atom is 0.0252 e. The Bertz CT molecular complexity index is 281. The summed E-state index contributed by atoms with van der Waals surface area (Å²) in [5, 5.41) is 3.16. The molecule has 1 rings (SSSR count). The minimum Gasteiger partial charge on any atom is -0.316 e. The van der Waals surface area contributed by atoms with Gasteiger partial charge < -0.3 is 5.32 Å². The first-order valence-electron chi connectivity index (χ1n) is 4.06. The SMILES string of the molecule is CNCc1c(C)ccc(C)c1Br. The van der Waals surface area contributed by atoms with E-state index in [1.54, 1.807) is 0 Å². The Morgan fingerprint density at radius 1 is 1.25 bits per heavy atom. The molecule has 0 saturated heterocycles. The molecule has 2 heteroatoms. The van der Waals surface area contributed by atoms with Crippen molar-refractivity contribution in [3.8, 4) is 0 Å². The molecule has 0 amide bonds. The zero-order chi connectivity index (χ0) is 9.14. The van der Waals surface area contributed by atoms with Gasteiger partial charge in [0.1, 0.15) is 0 Å². The second-order valence-electron chi connectivity index (χ2n) is 3.02. The zero-order valence-corrected chi connectivity index (χ0v) is 9.33. The number of rotatable bonds is 2. The summed E-state index contributed by atoms with van der Waals surface area (Å²) in [6.45, 7) is 5.17. The molecule has 1 aromatic rings. The molecule has 0 atom stereocenters. The highest BCUT2D eigenvalue weighted by Gasteiger charge is 2.04. The molecular weight excluding hydrogens is 214 g/mol. The third-order valence-electron chi connectivity index (χ3n) is 2.02. The lowest BCUT2D eigenvalue weighted by Gasteiger charge is -2.09. The quantitative estimate of drug-likeness (QED) is 0.820. The van der Waals surface area contributed by atoms with Gasteiger partial charge in [0.05, 0.1) is 0 Å². The van der Waals surface area contributed by atoms with Gasteiger partial charge in [-0.15, -0.1) is 0 Å². The molecule has 0 bridgehead atoms. The van der Waals surface area contributed by atoms with Gasteiger partial charge in [0.15, 0.2) is 0 Å². The van der Waals surface area contributed by atoms with Crippen LogP contribution in [0.15, 0.2) is 16.6 Å². The van der Waals surface area contributed by atoms with E-state index in [4.69, 9.17) is 0 Å². The maximum absolute atomic E-state index is 3.59. The minimum atomic E-state index is 0.925. The Balaban J connectivity index is 3.14. The van der Waals surface area contributed by atoms with Crippen LogP contribution in [0.2, 0.25) is 0 Å². The molecule has 0 heterocycles. The van der Waals surface area contributed by atoms with Crippen molar-refractivity contribution in [2.45, 2.75) is 20.4 Å². The van der Waals surface area contributed by atoms with Gasteiger partial charge in [-0.25, -0.2) is 0 Å². The fourth-order valence-corrected chi connectivity index (χ4v) is 1.81. The molecule has 1 nitrogen and oxygen atoms in total. The molecule has 0 saturated carbocycles. The van der Waals surface area contributed by atoms with Crippen LogP contribution in [0.25, 0.3) is 0 Å². The van der Waals surface area contributed by atoms with Crippen LogP contribution in [0.1, 0.15) is 16.7 Å². The van der Waals surface area contributed by atoms with Gasteiger partial charge in [-0.1, -0.05) is 28.1 Å². The lowest BCUT2D eigenvalue weighted by atomic mass is 10.1. The predicted molar refractivity (Wildman–Crippen MR) is 56.4 cm³/mol. The highest BCUT2D eigenvalue weighted by molar-refractivity contribution is 9.10. The first-order valence-corrected chi connectivity index (χ1v) is 4.85. The van der Waals surface area contributed by atoms with Gasteiger partial charge in [0, 0.05) is 11.0 Å². The highest BCUT2D eigenvalue weighted by atomic mass is 79.9. The molecule has 66 valence electrons. The number of benzene rings is 1. The Morgan fingerprint density at radius 3 is 2.42 bits per heavy atom. The van der Waals surface area contributed by atoms with Gasteiger partial charge >= 0.3 is 0 Å². The van der Waals surface area contributed by atoms with Crippen molar-refractivity contribution in [2.24, 2.45) is 0 Å². The summed E-state index contributed by atoms with van der Waals surface area (Å²) in [5.74, 6) is 0. The van der Waals surface area contributed by atoms with E-state index in [2.05, 4.69) is 47.2 Å².